The van der Waals surface area contributed by atoms with E-state index >= 15 is 0 Å². The molecule has 4 heteroatoms. The summed E-state index contributed by atoms with van der Waals surface area (Å²) in [7, 11) is 0. The normalized spacial score (nSPS) is 38.6. The lowest BCUT2D eigenvalue weighted by atomic mass is 9.55. The lowest BCUT2D eigenvalue weighted by molar-refractivity contribution is -0.131. The fourth-order valence-electron chi connectivity index (χ4n) is 6.65. The molecule has 148 valence electrons. The molecule has 2 fully saturated rings. The molecule has 0 heterocycles. The van der Waals surface area contributed by atoms with Gasteiger partial charge in [-0.15, -0.1) is 0 Å². The van der Waals surface area contributed by atoms with Gasteiger partial charge in [-0.25, -0.2) is 0 Å². The minimum absolute atomic E-state index is 0.0891. The lowest BCUT2D eigenvalue weighted by Gasteiger charge is -2.52. The van der Waals surface area contributed by atoms with Crippen molar-refractivity contribution in [1.29, 1.82) is 0 Å². The SMILES string of the molecule is CCOC[C@]1(O)CC[C@H]2[C@@H]3CCC4=C(CC=O)C(=O)CCC4=C3CC[C@@]21C. The van der Waals surface area contributed by atoms with Crippen LogP contribution < -0.4 is 0 Å². The van der Waals surface area contributed by atoms with E-state index in [1.165, 1.54) is 16.7 Å². The van der Waals surface area contributed by atoms with Crippen LogP contribution in [0, 0.1) is 17.3 Å². The highest BCUT2D eigenvalue weighted by atomic mass is 16.5. The molecule has 0 amide bonds. The highest BCUT2D eigenvalue weighted by molar-refractivity contribution is 6.00. The highest BCUT2D eigenvalue weighted by Crippen LogP contribution is 2.63. The van der Waals surface area contributed by atoms with Crippen molar-refractivity contribution in [1.82, 2.24) is 0 Å². The van der Waals surface area contributed by atoms with Gasteiger partial charge >= 0.3 is 0 Å². The number of allylic oxidation sites excluding steroid dienone is 4. The monoisotopic (exact) mass is 372 g/mol. The van der Waals surface area contributed by atoms with Crippen LogP contribution in [0.2, 0.25) is 0 Å². The molecule has 0 aromatic carbocycles. The second kappa shape index (κ2) is 6.97. The summed E-state index contributed by atoms with van der Waals surface area (Å²) in [4.78, 5) is 23.4. The molecule has 27 heavy (non-hydrogen) atoms. The zero-order valence-corrected chi connectivity index (χ0v) is 16.7. The van der Waals surface area contributed by atoms with Gasteiger partial charge in [0, 0.05) is 30.4 Å². The first-order valence-electron chi connectivity index (χ1n) is 10.7. The molecular weight excluding hydrogens is 340 g/mol. The van der Waals surface area contributed by atoms with Crippen molar-refractivity contribution in [3.63, 3.8) is 0 Å². The molecule has 0 aromatic rings. The molecule has 4 aliphatic rings. The summed E-state index contributed by atoms with van der Waals surface area (Å²) in [6, 6.07) is 0. The summed E-state index contributed by atoms with van der Waals surface area (Å²) < 4.78 is 5.67. The van der Waals surface area contributed by atoms with Crippen LogP contribution in [0.3, 0.4) is 0 Å². The number of hydrogen-bond acceptors (Lipinski definition) is 4. The summed E-state index contributed by atoms with van der Waals surface area (Å²) in [5.74, 6) is 1.18. The minimum atomic E-state index is -0.717. The molecule has 4 rings (SSSR count). The van der Waals surface area contributed by atoms with E-state index in [4.69, 9.17) is 4.74 Å². The highest BCUT2D eigenvalue weighted by Gasteiger charge is 2.60. The van der Waals surface area contributed by atoms with Crippen LogP contribution in [0.25, 0.3) is 0 Å². The maximum atomic E-state index is 12.3. The third-order valence-electron chi connectivity index (χ3n) is 8.19. The Morgan fingerprint density at radius 1 is 1.15 bits per heavy atom. The van der Waals surface area contributed by atoms with E-state index < -0.39 is 5.60 Å². The third kappa shape index (κ3) is 2.79. The van der Waals surface area contributed by atoms with Crippen LogP contribution in [-0.4, -0.2) is 36.0 Å². The van der Waals surface area contributed by atoms with Gasteiger partial charge in [0.1, 0.15) is 6.29 Å². The molecule has 0 saturated heterocycles. The maximum Gasteiger partial charge on any atom is 0.159 e. The predicted molar refractivity (Wildman–Crippen MR) is 103 cm³/mol. The van der Waals surface area contributed by atoms with E-state index in [1.54, 1.807) is 0 Å². The van der Waals surface area contributed by atoms with Crippen molar-refractivity contribution in [2.75, 3.05) is 13.2 Å². The third-order valence-corrected chi connectivity index (χ3v) is 8.19. The summed E-state index contributed by atoms with van der Waals surface area (Å²) in [6.45, 7) is 5.35. The number of fused-ring (bicyclic) bond motifs is 4. The summed E-state index contributed by atoms with van der Waals surface area (Å²) in [6.07, 6.45) is 8.38. The molecule has 4 nitrogen and oxygen atoms in total. The van der Waals surface area contributed by atoms with Crippen LogP contribution in [0.5, 0.6) is 0 Å². The second-order valence-electron chi connectivity index (χ2n) is 9.13. The Hall–Kier alpha value is -1.26. The molecule has 4 atom stereocenters. The van der Waals surface area contributed by atoms with Gasteiger partial charge in [-0.2, -0.15) is 0 Å². The number of rotatable bonds is 5. The van der Waals surface area contributed by atoms with E-state index in [9.17, 15) is 14.7 Å². The molecule has 4 aliphatic carbocycles. The lowest BCUT2D eigenvalue weighted by Crippen LogP contribution is -2.52. The van der Waals surface area contributed by atoms with Crippen LogP contribution in [0.4, 0.5) is 0 Å². The average Bonchev–Trinajstić information content (AvgIpc) is 2.93. The fourth-order valence-corrected chi connectivity index (χ4v) is 6.65. The molecule has 0 bridgehead atoms. The van der Waals surface area contributed by atoms with Gasteiger partial charge in [0.05, 0.1) is 12.2 Å². The zero-order valence-electron chi connectivity index (χ0n) is 16.7. The van der Waals surface area contributed by atoms with E-state index in [-0.39, 0.29) is 17.6 Å². The molecule has 1 N–H and O–H groups in total. The van der Waals surface area contributed by atoms with Gasteiger partial charge in [0.2, 0.25) is 0 Å². The number of carbonyl (C=O) groups excluding carboxylic acids is 2. The molecule has 0 aromatic heterocycles. The second-order valence-corrected chi connectivity index (χ2v) is 9.13. The fraction of sp³-hybridized carbons (Fsp3) is 0.739. The number of carbonyl (C=O) groups is 2. The molecule has 0 aliphatic heterocycles. The van der Waals surface area contributed by atoms with Crippen molar-refractivity contribution in [2.45, 2.75) is 77.2 Å². The Balaban J connectivity index is 1.69. The molecule has 2 saturated carbocycles. The Kier molecular flexibility index (Phi) is 4.92. The van der Waals surface area contributed by atoms with Crippen molar-refractivity contribution in [3.05, 3.63) is 22.3 Å². The smallest absolute Gasteiger partial charge is 0.159 e. The van der Waals surface area contributed by atoms with Gasteiger partial charge in [-0.05, 0) is 74.9 Å². The van der Waals surface area contributed by atoms with Crippen LogP contribution in [0.1, 0.15) is 71.6 Å². The molecule has 0 unspecified atom stereocenters. The van der Waals surface area contributed by atoms with Crippen molar-refractivity contribution >= 4 is 12.1 Å². The number of aliphatic hydroxyl groups is 1. The minimum Gasteiger partial charge on any atom is -0.387 e. The van der Waals surface area contributed by atoms with Gasteiger partial charge < -0.3 is 14.6 Å². The van der Waals surface area contributed by atoms with Gasteiger partial charge in [-0.1, -0.05) is 12.5 Å². The Morgan fingerprint density at radius 2 is 1.96 bits per heavy atom. The predicted octanol–water partition coefficient (Wildman–Crippen LogP) is 3.92. The van der Waals surface area contributed by atoms with Crippen LogP contribution >= 0.6 is 0 Å². The van der Waals surface area contributed by atoms with E-state index in [1.807, 2.05) is 6.92 Å². The topological polar surface area (TPSA) is 63.6 Å². The van der Waals surface area contributed by atoms with Crippen LogP contribution in [-0.2, 0) is 14.3 Å². The first kappa shape index (κ1) is 19.1. The van der Waals surface area contributed by atoms with Gasteiger partial charge in [0.25, 0.3) is 0 Å². The van der Waals surface area contributed by atoms with E-state index in [0.29, 0.717) is 31.5 Å². The van der Waals surface area contributed by atoms with E-state index in [2.05, 4.69) is 6.92 Å². The number of Topliss-reactive ketones (excluding diaryl/α,β-unsaturated/α-hetero) is 1. The number of aldehydes is 1. The van der Waals surface area contributed by atoms with Gasteiger partial charge in [0.15, 0.2) is 5.78 Å². The largest absolute Gasteiger partial charge is 0.387 e. The van der Waals surface area contributed by atoms with E-state index in [0.717, 1.165) is 56.8 Å². The number of hydrogen-bond donors (Lipinski definition) is 1. The van der Waals surface area contributed by atoms with Crippen molar-refractivity contribution < 1.29 is 19.4 Å². The Morgan fingerprint density at radius 3 is 2.70 bits per heavy atom. The molecular formula is C23H32O4. The van der Waals surface area contributed by atoms with Crippen molar-refractivity contribution in [2.24, 2.45) is 17.3 Å². The summed E-state index contributed by atoms with van der Waals surface area (Å²) >= 11 is 0. The zero-order chi connectivity index (χ0) is 19.2. The number of ketones is 1. The summed E-state index contributed by atoms with van der Waals surface area (Å²) in [5, 5.41) is 11.4. The Bertz CT molecular complexity index is 718. The molecule has 0 spiro atoms. The Labute approximate surface area is 162 Å². The summed E-state index contributed by atoms with van der Waals surface area (Å²) in [5.41, 5.74) is 4.10. The van der Waals surface area contributed by atoms with Crippen molar-refractivity contribution in [3.8, 4) is 0 Å². The standard InChI is InChI=1S/C23H32O4/c1-3-27-14-23(26)12-9-20-18-5-4-16-15(17(18)8-11-22(20,23)2)6-7-21(25)19(16)10-13-24/h13,18,20,26H,3-12,14H2,1-2H3/t18-,20+,22+,23-/m1/s1. The van der Waals surface area contributed by atoms with Crippen LogP contribution in [0.15, 0.2) is 22.3 Å². The first-order chi connectivity index (χ1) is 12.9. The first-order valence-corrected chi connectivity index (χ1v) is 10.7. The van der Waals surface area contributed by atoms with Gasteiger partial charge in [-0.3, -0.25) is 4.79 Å². The maximum absolute atomic E-state index is 12.3. The molecule has 0 radical (unpaired) electrons. The average molecular weight is 373 g/mol. The quantitative estimate of drug-likeness (QED) is 0.743. The number of ether oxygens (including phenoxy) is 1.